The molecule has 0 bridgehead atoms. The van der Waals surface area contributed by atoms with E-state index in [1.54, 1.807) is 0 Å². The predicted octanol–water partition coefficient (Wildman–Crippen LogP) is 0.308. The van der Waals surface area contributed by atoms with E-state index in [9.17, 15) is 9.90 Å². The highest BCUT2D eigenvalue weighted by atomic mass is 16.4. The molecule has 1 saturated carbocycles. The zero-order chi connectivity index (χ0) is 11.0. The second-order valence-corrected chi connectivity index (χ2v) is 5.40. The summed E-state index contributed by atoms with van der Waals surface area (Å²) in [4.78, 5) is 10.7. The van der Waals surface area contributed by atoms with Gasteiger partial charge in [0.2, 0.25) is 0 Å². The molecular formula is C10H20NO3+. The summed E-state index contributed by atoms with van der Waals surface area (Å²) in [6, 6.07) is 0. The van der Waals surface area contributed by atoms with E-state index in [4.69, 9.17) is 5.11 Å². The van der Waals surface area contributed by atoms with Crippen LogP contribution in [0.2, 0.25) is 0 Å². The standard InChI is InChI=1S/C10H19NO3/c1-11(2,3)7-10(14,6-9(12)13)8-4-5-8/h8,14H,4-7H2,1-3H3/p+1. The molecule has 1 atom stereocenters. The number of nitrogens with zero attached hydrogens (tertiary/aromatic N) is 1. The monoisotopic (exact) mass is 202 g/mol. The average Bonchev–Trinajstić information content (AvgIpc) is 2.57. The molecule has 0 aliphatic heterocycles. The van der Waals surface area contributed by atoms with Gasteiger partial charge in [0.05, 0.1) is 27.6 Å². The number of rotatable bonds is 5. The SMILES string of the molecule is C[N+](C)(C)CC(O)(CC(=O)O)C1CC1. The van der Waals surface area contributed by atoms with Gasteiger partial charge in [-0.25, -0.2) is 0 Å². The first-order chi connectivity index (χ1) is 6.23. The Kier molecular flexibility index (Phi) is 2.88. The highest BCUT2D eigenvalue weighted by Gasteiger charge is 2.48. The number of quaternary nitrogens is 1. The first-order valence-corrected chi connectivity index (χ1v) is 4.98. The fourth-order valence-corrected chi connectivity index (χ4v) is 2.03. The lowest BCUT2D eigenvalue weighted by Gasteiger charge is -2.34. The van der Waals surface area contributed by atoms with Gasteiger partial charge in [-0.15, -0.1) is 0 Å². The Morgan fingerprint density at radius 2 is 1.93 bits per heavy atom. The van der Waals surface area contributed by atoms with Crippen LogP contribution in [0.5, 0.6) is 0 Å². The van der Waals surface area contributed by atoms with Crippen LogP contribution >= 0.6 is 0 Å². The molecule has 0 amide bonds. The summed E-state index contributed by atoms with van der Waals surface area (Å²) in [6.45, 7) is 0.504. The van der Waals surface area contributed by atoms with Crippen molar-refractivity contribution in [1.29, 1.82) is 0 Å². The van der Waals surface area contributed by atoms with E-state index in [2.05, 4.69) is 0 Å². The smallest absolute Gasteiger partial charge is 0.306 e. The van der Waals surface area contributed by atoms with Crippen molar-refractivity contribution < 1.29 is 19.5 Å². The molecule has 2 N–H and O–H groups in total. The Labute approximate surface area is 84.7 Å². The number of hydrogen-bond donors (Lipinski definition) is 2. The van der Waals surface area contributed by atoms with Gasteiger partial charge in [-0.1, -0.05) is 0 Å². The van der Waals surface area contributed by atoms with Crippen molar-refractivity contribution in [3.8, 4) is 0 Å². The maximum atomic E-state index is 10.7. The lowest BCUT2D eigenvalue weighted by molar-refractivity contribution is -0.877. The van der Waals surface area contributed by atoms with Gasteiger partial charge in [-0.3, -0.25) is 4.79 Å². The van der Waals surface area contributed by atoms with Crippen molar-refractivity contribution in [3.05, 3.63) is 0 Å². The molecule has 0 aromatic heterocycles. The molecule has 0 spiro atoms. The van der Waals surface area contributed by atoms with Crippen molar-refractivity contribution in [2.45, 2.75) is 24.9 Å². The van der Waals surface area contributed by atoms with Gasteiger partial charge < -0.3 is 14.7 Å². The van der Waals surface area contributed by atoms with Crippen LogP contribution in [0.15, 0.2) is 0 Å². The Balaban J connectivity index is 2.66. The zero-order valence-electron chi connectivity index (χ0n) is 9.16. The molecule has 1 unspecified atom stereocenters. The van der Waals surface area contributed by atoms with Crippen LogP contribution in [0.1, 0.15) is 19.3 Å². The van der Waals surface area contributed by atoms with Crippen molar-refractivity contribution >= 4 is 5.97 Å². The average molecular weight is 202 g/mol. The molecule has 1 aliphatic rings. The molecule has 0 aromatic rings. The highest BCUT2D eigenvalue weighted by Crippen LogP contribution is 2.42. The van der Waals surface area contributed by atoms with Crippen LogP contribution in [-0.4, -0.2) is 54.0 Å². The molecule has 1 rings (SSSR count). The summed E-state index contributed by atoms with van der Waals surface area (Å²) in [5.74, 6) is -0.719. The summed E-state index contributed by atoms with van der Waals surface area (Å²) >= 11 is 0. The third-order valence-corrected chi connectivity index (χ3v) is 2.54. The first kappa shape index (κ1) is 11.5. The van der Waals surface area contributed by atoms with Crippen LogP contribution in [0.25, 0.3) is 0 Å². The number of carbonyl (C=O) groups is 1. The number of aliphatic carboxylic acids is 1. The predicted molar refractivity (Wildman–Crippen MR) is 52.8 cm³/mol. The highest BCUT2D eigenvalue weighted by molar-refractivity contribution is 5.68. The third-order valence-electron chi connectivity index (χ3n) is 2.54. The lowest BCUT2D eigenvalue weighted by Crippen LogP contribution is -2.51. The second-order valence-electron chi connectivity index (χ2n) is 5.40. The number of likely N-dealkylation sites (N-methyl/N-ethyl adjacent to an activating group) is 1. The molecular weight excluding hydrogens is 182 g/mol. The van der Waals surface area contributed by atoms with Gasteiger partial charge in [0.1, 0.15) is 12.1 Å². The van der Waals surface area contributed by atoms with Crippen LogP contribution in [0.4, 0.5) is 0 Å². The Hall–Kier alpha value is -0.610. The molecule has 14 heavy (non-hydrogen) atoms. The first-order valence-electron chi connectivity index (χ1n) is 4.98. The van der Waals surface area contributed by atoms with Crippen molar-refractivity contribution in [3.63, 3.8) is 0 Å². The van der Waals surface area contributed by atoms with Gasteiger partial charge in [0, 0.05) is 0 Å². The Bertz CT molecular complexity index is 230. The van der Waals surface area contributed by atoms with E-state index in [0.717, 1.165) is 12.8 Å². The third kappa shape index (κ3) is 3.27. The molecule has 82 valence electrons. The van der Waals surface area contributed by atoms with Crippen LogP contribution in [-0.2, 0) is 4.79 Å². The fraction of sp³-hybridized carbons (Fsp3) is 0.900. The number of aliphatic hydroxyl groups is 1. The van der Waals surface area contributed by atoms with Crippen molar-refractivity contribution in [2.75, 3.05) is 27.7 Å². The summed E-state index contributed by atoms with van der Waals surface area (Å²) < 4.78 is 0.597. The van der Waals surface area contributed by atoms with Crippen molar-refractivity contribution in [2.24, 2.45) is 5.92 Å². The normalized spacial score (nSPS) is 21.7. The summed E-state index contributed by atoms with van der Waals surface area (Å²) in [5, 5.41) is 19.0. The fourth-order valence-electron chi connectivity index (χ4n) is 2.03. The van der Waals surface area contributed by atoms with E-state index >= 15 is 0 Å². The summed E-state index contributed by atoms with van der Waals surface area (Å²) in [7, 11) is 5.90. The van der Waals surface area contributed by atoms with Crippen LogP contribution in [0.3, 0.4) is 0 Å². The van der Waals surface area contributed by atoms with E-state index in [0.29, 0.717) is 11.0 Å². The minimum Gasteiger partial charge on any atom is -0.481 e. The van der Waals surface area contributed by atoms with E-state index in [1.165, 1.54) is 0 Å². The largest absolute Gasteiger partial charge is 0.481 e. The van der Waals surface area contributed by atoms with Gasteiger partial charge in [0.15, 0.2) is 0 Å². The Morgan fingerprint density at radius 1 is 1.43 bits per heavy atom. The maximum absolute atomic E-state index is 10.7. The quantitative estimate of drug-likeness (QED) is 0.631. The molecule has 1 fully saturated rings. The molecule has 0 radical (unpaired) electrons. The minimum absolute atomic E-state index is 0.132. The minimum atomic E-state index is -1.01. The molecule has 0 heterocycles. The lowest BCUT2D eigenvalue weighted by atomic mass is 9.92. The van der Waals surface area contributed by atoms with Gasteiger partial charge in [-0.05, 0) is 18.8 Å². The number of carboxylic acids is 1. The van der Waals surface area contributed by atoms with E-state index < -0.39 is 11.6 Å². The molecule has 4 heteroatoms. The number of hydrogen-bond acceptors (Lipinski definition) is 2. The molecule has 4 nitrogen and oxygen atoms in total. The van der Waals surface area contributed by atoms with E-state index in [-0.39, 0.29) is 12.3 Å². The molecule has 0 saturated heterocycles. The topological polar surface area (TPSA) is 57.5 Å². The van der Waals surface area contributed by atoms with Gasteiger partial charge in [-0.2, -0.15) is 0 Å². The zero-order valence-corrected chi connectivity index (χ0v) is 9.16. The van der Waals surface area contributed by atoms with Gasteiger partial charge >= 0.3 is 5.97 Å². The molecule has 0 aromatic carbocycles. The summed E-state index contributed by atoms with van der Waals surface area (Å²) in [5.41, 5.74) is -1.01. The molecule has 1 aliphatic carbocycles. The van der Waals surface area contributed by atoms with Crippen LogP contribution < -0.4 is 0 Å². The Morgan fingerprint density at radius 3 is 2.21 bits per heavy atom. The van der Waals surface area contributed by atoms with Gasteiger partial charge in [0.25, 0.3) is 0 Å². The van der Waals surface area contributed by atoms with Crippen molar-refractivity contribution in [1.82, 2.24) is 0 Å². The summed E-state index contributed by atoms with van der Waals surface area (Å²) in [6.07, 6.45) is 1.79. The van der Waals surface area contributed by atoms with Crippen LogP contribution in [0, 0.1) is 5.92 Å². The number of carboxylic acid groups (broad SMARTS) is 1. The second kappa shape index (κ2) is 3.51. The van der Waals surface area contributed by atoms with E-state index in [1.807, 2.05) is 21.1 Å². The maximum Gasteiger partial charge on any atom is 0.306 e.